The Morgan fingerprint density at radius 1 is 1.12 bits per heavy atom. The summed E-state index contributed by atoms with van der Waals surface area (Å²) < 4.78 is 71.5. The molecular weight excluding hydrogens is 571 g/mol. The Morgan fingerprint density at radius 2 is 1.75 bits per heavy atom. The van der Waals surface area contributed by atoms with Crippen LogP contribution in [0, 0.1) is 0 Å². The van der Waals surface area contributed by atoms with E-state index in [4.69, 9.17) is 16.3 Å². The van der Waals surface area contributed by atoms with Gasteiger partial charge in [-0.3, -0.25) is 13.9 Å². The van der Waals surface area contributed by atoms with Crippen LogP contribution < -0.4 is 14.4 Å². The minimum Gasteiger partial charge on any atom is -0.497 e. The van der Waals surface area contributed by atoms with Crippen LogP contribution in [0.4, 0.5) is 18.9 Å². The molecule has 2 aromatic carbocycles. The summed E-state index contributed by atoms with van der Waals surface area (Å²) in [4.78, 5) is 28.4. The molecule has 1 aliphatic carbocycles. The van der Waals surface area contributed by atoms with Crippen molar-refractivity contribution in [2.45, 2.75) is 63.8 Å². The maximum Gasteiger partial charge on any atom is 0.416 e. The molecule has 1 unspecified atom stereocenters. The van der Waals surface area contributed by atoms with E-state index in [9.17, 15) is 31.2 Å². The van der Waals surface area contributed by atoms with Gasteiger partial charge >= 0.3 is 6.18 Å². The lowest BCUT2D eigenvalue weighted by atomic mass is 10.1. The Morgan fingerprint density at radius 3 is 2.27 bits per heavy atom. The summed E-state index contributed by atoms with van der Waals surface area (Å²) in [5.74, 6) is -0.572. The summed E-state index contributed by atoms with van der Waals surface area (Å²) in [6.07, 6.45) is -0.152. The van der Waals surface area contributed by atoms with Crippen LogP contribution in [-0.2, 0) is 32.3 Å². The lowest BCUT2D eigenvalue weighted by molar-refractivity contribution is -0.140. The fourth-order valence-electron chi connectivity index (χ4n) is 4.69. The van der Waals surface area contributed by atoms with E-state index in [2.05, 4.69) is 5.32 Å². The number of carbonyl (C=O) groups excluding carboxylic acids is 2. The van der Waals surface area contributed by atoms with Crippen molar-refractivity contribution >= 4 is 39.1 Å². The van der Waals surface area contributed by atoms with Gasteiger partial charge in [0.1, 0.15) is 18.3 Å². The topological polar surface area (TPSA) is 96.0 Å². The van der Waals surface area contributed by atoms with E-state index in [0.29, 0.717) is 21.7 Å². The minimum atomic E-state index is -4.77. The summed E-state index contributed by atoms with van der Waals surface area (Å²) >= 11 is 6.13. The van der Waals surface area contributed by atoms with Gasteiger partial charge in [-0.2, -0.15) is 13.2 Å². The molecule has 0 aromatic heterocycles. The number of alkyl halides is 3. The third-order valence-corrected chi connectivity index (χ3v) is 8.27. The summed E-state index contributed by atoms with van der Waals surface area (Å²) in [5, 5.41) is 2.71. The van der Waals surface area contributed by atoms with Crippen molar-refractivity contribution in [3.8, 4) is 5.75 Å². The van der Waals surface area contributed by atoms with Crippen molar-refractivity contribution in [2.75, 3.05) is 24.2 Å². The normalized spacial score (nSPS) is 15.0. The molecule has 3 rings (SSSR count). The molecule has 2 amide bonds. The summed E-state index contributed by atoms with van der Waals surface area (Å²) in [6.45, 7) is 0.821. The number of rotatable bonds is 11. The number of amides is 2. The van der Waals surface area contributed by atoms with Crippen LogP contribution in [0.5, 0.6) is 5.75 Å². The molecule has 0 spiro atoms. The van der Waals surface area contributed by atoms with Crippen molar-refractivity contribution in [3.63, 3.8) is 0 Å². The van der Waals surface area contributed by atoms with Gasteiger partial charge in [0.15, 0.2) is 0 Å². The Labute approximate surface area is 237 Å². The number of nitrogens with one attached hydrogen (secondary N) is 1. The van der Waals surface area contributed by atoms with E-state index >= 15 is 0 Å². The Bertz CT molecular complexity index is 1300. The highest BCUT2D eigenvalue weighted by Crippen LogP contribution is 2.36. The van der Waals surface area contributed by atoms with Crippen LogP contribution in [0.3, 0.4) is 0 Å². The predicted octanol–water partition coefficient (Wildman–Crippen LogP) is 5.00. The van der Waals surface area contributed by atoms with Gasteiger partial charge in [0.25, 0.3) is 0 Å². The zero-order chi connectivity index (χ0) is 29.7. The smallest absolute Gasteiger partial charge is 0.416 e. The zero-order valence-electron chi connectivity index (χ0n) is 22.5. The minimum absolute atomic E-state index is 0.0177. The van der Waals surface area contributed by atoms with Gasteiger partial charge in [0.2, 0.25) is 21.8 Å². The number of sulfonamides is 1. The van der Waals surface area contributed by atoms with Gasteiger partial charge in [-0.1, -0.05) is 43.5 Å². The summed E-state index contributed by atoms with van der Waals surface area (Å²) in [7, 11) is -2.76. The predicted molar refractivity (Wildman–Crippen MR) is 147 cm³/mol. The number of ether oxygens (including phenoxy) is 1. The third-order valence-electron chi connectivity index (χ3n) is 6.82. The first-order valence-electron chi connectivity index (χ1n) is 12.8. The van der Waals surface area contributed by atoms with Crippen molar-refractivity contribution < 1.29 is 35.9 Å². The number of anilines is 1. The maximum absolute atomic E-state index is 13.8. The summed E-state index contributed by atoms with van der Waals surface area (Å²) in [6, 6.07) is 8.06. The number of hydrogen-bond acceptors (Lipinski definition) is 5. The number of nitrogens with zero attached hydrogens (tertiary/aromatic N) is 2. The molecular formula is C27H33ClF3N3O5S. The van der Waals surface area contributed by atoms with Gasteiger partial charge in [-0.05, 0) is 55.2 Å². The second-order valence-corrected chi connectivity index (χ2v) is 12.0. The second kappa shape index (κ2) is 13.1. The number of halogens is 4. The average molecular weight is 604 g/mol. The van der Waals surface area contributed by atoms with E-state index in [1.54, 1.807) is 31.2 Å². The van der Waals surface area contributed by atoms with E-state index in [1.165, 1.54) is 12.0 Å². The first-order valence-corrected chi connectivity index (χ1v) is 15.0. The first kappa shape index (κ1) is 31.5. The van der Waals surface area contributed by atoms with Crippen molar-refractivity contribution in [1.82, 2.24) is 10.2 Å². The van der Waals surface area contributed by atoms with Crippen LogP contribution in [0.15, 0.2) is 42.5 Å². The highest BCUT2D eigenvalue weighted by atomic mass is 35.5. The molecule has 2 aromatic rings. The fourth-order valence-corrected chi connectivity index (χ4v) is 5.81. The van der Waals surface area contributed by atoms with Crippen molar-refractivity contribution in [2.24, 2.45) is 0 Å². The van der Waals surface area contributed by atoms with E-state index in [-0.39, 0.29) is 29.9 Å². The van der Waals surface area contributed by atoms with Gasteiger partial charge in [-0.15, -0.1) is 0 Å². The second-order valence-electron chi connectivity index (χ2n) is 9.72. The molecule has 0 aliphatic heterocycles. The molecule has 8 nitrogen and oxygen atoms in total. The lowest BCUT2D eigenvalue weighted by Gasteiger charge is -2.33. The van der Waals surface area contributed by atoms with Gasteiger partial charge < -0.3 is 15.0 Å². The number of carbonyl (C=O) groups is 2. The van der Waals surface area contributed by atoms with Crippen LogP contribution in [0.25, 0.3) is 0 Å². The molecule has 1 aliphatic rings. The Kier molecular flexibility index (Phi) is 10.3. The van der Waals surface area contributed by atoms with E-state index in [1.807, 2.05) is 0 Å². The molecule has 40 heavy (non-hydrogen) atoms. The SMILES string of the molecule is CCC(C(=O)NC1CCCC1)N(Cc1ccc(OC)cc1)C(=O)CN(c1cc(C(F)(F)F)ccc1Cl)S(C)(=O)=O. The van der Waals surface area contributed by atoms with Crippen molar-refractivity contribution in [3.05, 3.63) is 58.6 Å². The van der Waals surface area contributed by atoms with Crippen LogP contribution in [0.2, 0.25) is 5.02 Å². The molecule has 13 heteroatoms. The molecule has 0 heterocycles. The van der Waals surface area contributed by atoms with E-state index < -0.39 is 45.9 Å². The molecule has 0 saturated heterocycles. The van der Waals surface area contributed by atoms with Gasteiger partial charge in [0.05, 0.1) is 29.6 Å². The number of methoxy groups -OCH3 is 1. The number of hydrogen-bond donors (Lipinski definition) is 1. The van der Waals surface area contributed by atoms with Crippen LogP contribution in [-0.4, -0.2) is 57.1 Å². The maximum atomic E-state index is 13.8. The Hall–Kier alpha value is -2.99. The summed E-state index contributed by atoms with van der Waals surface area (Å²) in [5.41, 5.74) is -0.963. The standard InChI is InChI=1S/C27H33ClF3N3O5S/c1-4-23(26(36)32-20-7-5-6-8-20)33(16-18-9-12-21(39-2)13-10-18)25(35)17-34(40(3,37)38)24-15-19(27(29,30)31)11-14-22(24)28/h9-15,20,23H,4-8,16-17H2,1-3H3,(H,32,36). The Balaban J connectivity index is 1.99. The molecule has 1 saturated carbocycles. The quantitative estimate of drug-likeness (QED) is 0.390. The molecule has 0 bridgehead atoms. The average Bonchev–Trinajstić information content (AvgIpc) is 3.39. The monoisotopic (exact) mass is 603 g/mol. The zero-order valence-corrected chi connectivity index (χ0v) is 24.1. The largest absolute Gasteiger partial charge is 0.497 e. The lowest BCUT2D eigenvalue weighted by Crippen LogP contribution is -2.53. The van der Waals surface area contributed by atoms with Crippen LogP contribution in [0.1, 0.15) is 50.2 Å². The van der Waals surface area contributed by atoms with Gasteiger partial charge in [-0.25, -0.2) is 8.42 Å². The van der Waals surface area contributed by atoms with Crippen molar-refractivity contribution in [1.29, 1.82) is 0 Å². The van der Waals surface area contributed by atoms with Crippen LogP contribution >= 0.6 is 11.6 Å². The number of benzene rings is 2. The highest BCUT2D eigenvalue weighted by Gasteiger charge is 2.35. The molecule has 220 valence electrons. The fraction of sp³-hybridized carbons (Fsp3) is 0.481. The highest BCUT2D eigenvalue weighted by molar-refractivity contribution is 7.92. The molecule has 1 atom stereocenters. The first-order chi connectivity index (χ1) is 18.7. The third kappa shape index (κ3) is 8.03. The molecule has 1 fully saturated rings. The van der Waals surface area contributed by atoms with E-state index in [0.717, 1.165) is 44.1 Å². The molecule has 0 radical (unpaired) electrons. The van der Waals surface area contributed by atoms with Gasteiger partial charge in [0, 0.05) is 12.6 Å². The molecule has 1 N–H and O–H groups in total.